The SMILES string of the molecule is COc1ccc2c(c1)C(O)C(OCCC1CC1)C2. The van der Waals surface area contributed by atoms with Crippen molar-refractivity contribution in [1.29, 1.82) is 0 Å². The van der Waals surface area contributed by atoms with Gasteiger partial charge in [-0.15, -0.1) is 0 Å². The fourth-order valence-corrected chi connectivity index (χ4v) is 2.63. The van der Waals surface area contributed by atoms with Crippen LogP contribution in [0.15, 0.2) is 18.2 Å². The molecule has 0 spiro atoms. The molecule has 0 bridgehead atoms. The summed E-state index contributed by atoms with van der Waals surface area (Å²) in [6.45, 7) is 0.775. The molecule has 0 aromatic heterocycles. The van der Waals surface area contributed by atoms with E-state index in [2.05, 4.69) is 0 Å². The maximum atomic E-state index is 10.3. The van der Waals surface area contributed by atoms with E-state index < -0.39 is 6.10 Å². The molecule has 3 rings (SSSR count). The second-order valence-electron chi connectivity index (χ2n) is 5.35. The average molecular weight is 248 g/mol. The third-order valence-electron chi connectivity index (χ3n) is 4.00. The molecule has 98 valence electrons. The number of benzene rings is 1. The molecule has 2 unspecified atom stereocenters. The Morgan fingerprint density at radius 2 is 2.17 bits per heavy atom. The lowest BCUT2D eigenvalue weighted by Gasteiger charge is -2.16. The van der Waals surface area contributed by atoms with Gasteiger partial charge >= 0.3 is 0 Å². The normalized spacial score (nSPS) is 26.1. The molecule has 1 saturated carbocycles. The Kier molecular flexibility index (Phi) is 3.27. The van der Waals surface area contributed by atoms with Gasteiger partial charge in [0.15, 0.2) is 0 Å². The van der Waals surface area contributed by atoms with Gasteiger partial charge in [-0.2, -0.15) is 0 Å². The summed E-state index contributed by atoms with van der Waals surface area (Å²) in [5, 5.41) is 10.3. The Morgan fingerprint density at radius 1 is 1.33 bits per heavy atom. The van der Waals surface area contributed by atoms with Gasteiger partial charge in [-0.3, -0.25) is 0 Å². The Labute approximate surface area is 108 Å². The molecule has 2 aliphatic rings. The largest absolute Gasteiger partial charge is 0.497 e. The van der Waals surface area contributed by atoms with Gasteiger partial charge in [0.2, 0.25) is 0 Å². The van der Waals surface area contributed by atoms with Gasteiger partial charge in [-0.1, -0.05) is 18.9 Å². The highest BCUT2D eigenvalue weighted by molar-refractivity contribution is 5.41. The van der Waals surface area contributed by atoms with Crippen LogP contribution in [0.2, 0.25) is 0 Å². The summed E-state index contributed by atoms with van der Waals surface area (Å²) in [4.78, 5) is 0. The van der Waals surface area contributed by atoms with Crippen molar-refractivity contribution in [2.24, 2.45) is 5.92 Å². The minimum absolute atomic E-state index is 0.0779. The third kappa shape index (κ3) is 2.38. The predicted octanol–water partition coefficient (Wildman–Crippen LogP) is 2.47. The molecule has 18 heavy (non-hydrogen) atoms. The van der Waals surface area contributed by atoms with E-state index in [0.29, 0.717) is 0 Å². The second-order valence-corrected chi connectivity index (χ2v) is 5.35. The first-order chi connectivity index (χ1) is 8.78. The van der Waals surface area contributed by atoms with E-state index in [1.54, 1.807) is 7.11 Å². The Hall–Kier alpha value is -1.06. The quantitative estimate of drug-likeness (QED) is 0.870. The molecule has 0 saturated heterocycles. The van der Waals surface area contributed by atoms with Gasteiger partial charge < -0.3 is 14.6 Å². The molecular formula is C15H20O3. The van der Waals surface area contributed by atoms with Crippen LogP contribution in [0.4, 0.5) is 0 Å². The van der Waals surface area contributed by atoms with Gasteiger partial charge in [0.1, 0.15) is 11.9 Å². The van der Waals surface area contributed by atoms with Crippen molar-refractivity contribution in [3.8, 4) is 5.75 Å². The van der Waals surface area contributed by atoms with Crippen molar-refractivity contribution in [2.45, 2.75) is 37.9 Å². The summed E-state index contributed by atoms with van der Waals surface area (Å²) in [6, 6.07) is 5.89. The van der Waals surface area contributed by atoms with Crippen LogP contribution < -0.4 is 4.74 Å². The zero-order chi connectivity index (χ0) is 12.5. The van der Waals surface area contributed by atoms with E-state index in [9.17, 15) is 5.11 Å². The zero-order valence-electron chi connectivity index (χ0n) is 10.8. The lowest BCUT2D eigenvalue weighted by atomic mass is 10.1. The molecule has 0 aliphatic heterocycles. The van der Waals surface area contributed by atoms with Crippen LogP contribution in [-0.4, -0.2) is 24.9 Å². The maximum absolute atomic E-state index is 10.3. The summed E-state index contributed by atoms with van der Waals surface area (Å²) in [7, 11) is 1.65. The Balaban J connectivity index is 1.62. The van der Waals surface area contributed by atoms with E-state index in [1.807, 2.05) is 18.2 Å². The van der Waals surface area contributed by atoms with Crippen LogP contribution in [0.25, 0.3) is 0 Å². The van der Waals surface area contributed by atoms with E-state index in [1.165, 1.54) is 18.4 Å². The molecule has 0 heterocycles. The highest BCUT2D eigenvalue weighted by atomic mass is 16.5. The van der Waals surface area contributed by atoms with Crippen LogP contribution in [0.3, 0.4) is 0 Å². The highest BCUT2D eigenvalue weighted by Crippen LogP contribution is 2.37. The molecule has 1 aromatic carbocycles. The maximum Gasteiger partial charge on any atom is 0.119 e. The predicted molar refractivity (Wildman–Crippen MR) is 68.7 cm³/mol. The van der Waals surface area contributed by atoms with E-state index in [4.69, 9.17) is 9.47 Å². The van der Waals surface area contributed by atoms with Gasteiger partial charge in [-0.05, 0) is 35.6 Å². The second kappa shape index (κ2) is 4.90. The van der Waals surface area contributed by atoms with Gasteiger partial charge in [0, 0.05) is 13.0 Å². The number of fused-ring (bicyclic) bond motifs is 1. The Morgan fingerprint density at radius 3 is 2.89 bits per heavy atom. The summed E-state index contributed by atoms with van der Waals surface area (Å²) in [5.41, 5.74) is 2.14. The molecule has 3 nitrogen and oxygen atoms in total. The molecule has 0 amide bonds. The molecule has 0 radical (unpaired) electrons. The van der Waals surface area contributed by atoms with Crippen molar-refractivity contribution < 1.29 is 14.6 Å². The van der Waals surface area contributed by atoms with E-state index in [0.717, 1.165) is 36.7 Å². The monoisotopic (exact) mass is 248 g/mol. The minimum Gasteiger partial charge on any atom is -0.497 e. The summed E-state index contributed by atoms with van der Waals surface area (Å²) >= 11 is 0. The third-order valence-corrected chi connectivity index (χ3v) is 4.00. The minimum atomic E-state index is -0.505. The van der Waals surface area contributed by atoms with Crippen LogP contribution in [0.5, 0.6) is 5.75 Å². The first-order valence-corrected chi connectivity index (χ1v) is 6.74. The molecule has 3 heteroatoms. The molecular weight excluding hydrogens is 228 g/mol. The number of hydrogen-bond donors (Lipinski definition) is 1. The summed E-state index contributed by atoms with van der Waals surface area (Å²) in [6.07, 6.45) is 4.08. The number of rotatable bonds is 5. The summed E-state index contributed by atoms with van der Waals surface area (Å²) in [5.74, 6) is 1.68. The molecule has 2 aliphatic carbocycles. The van der Waals surface area contributed by atoms with Crippen LogP contribution >= 0.6 is 0 Å². The van der Waals surface area contributed by atoms with Crippen molar-refractivity contribution in [2.75, 3.05) is 13.7 Å². The fraction of sp³-hybridized carbons (Fsp3) is 0.600. The van der Waals surface area contributed by atoms with Crippen molar-refractivity contribution in [3.63, 3.8) is 0 Å². The molecule has 1 fully saturated rings. The topological polar surface area (TPSA) is 38.7 Å². The van der Waals surface area contributed by atoms with Gasteiger partial charge in [0.25, 0.3) is 0 Å². The first-order valence-electron chi connectivity index (χ1n) is 6.74. The molecule has 1 N–H and O–H groups in total. The lowest BCUT2D eigenvalue weighted by molar-refractivity contribution is -0.0296. The van der Waals surface area contributed by atoms with Gasteiger partial charge in [-0.25, -0.2) is 0 Å². The van der Waals surface area contributed by atoms with Crippen molar-refractivity contribution >= 4 is 0 Å². The van der Waals surface area contributed by atoms with Crippen molar-refractivity contribution in [1.82, 2.24) is 0 Å². The summed E-state index contributed by atoms with van der Waals surface area (Å²) < 4.78 is 11.0. The van der Waals surface area contributed by atoms with Crippen LogP contribution in [-0.2, 0) is 11.2 Å². The van der Waals surface area contributed by atoms with Crippen molar-refractivity contribution in [3.05, 3.63) is 29.3 Å². The average Bonchev–Trinajstić information content (AvgIpc) is 3.16. The number of ether oxygens (including phenoxy) is 2. The van der Waals surface area contributed by atoms with E-state index >= 15 is 0 Å². The first kappa shape index (κ1) is 12.0. The lowest BCUT2D eigenvalue weighted by Crippen LogP contribution is -2.19. The Bertz CT molecular complexity index is 426. The number of aliphatic hydroxyl groups is 1. The molecule has 2 atom stereocenters. The highest BCUT2D eigenvalue weighted by Gasteiger charge is 2.32. The van der Waals surface area contributed by atoms with E-state index in [-0.39, 0.29) is 6.10 Å². The van der Waals surface area contributed by atoms with Crippen LogP contribution in [0, 0.1) is 5.92 Å². The number of methoxy groups -OCH3 is 1. The fourth-order valence-electron chi connectivity index (χ4n) is 2.63. The van der Waals surface area contributed by atoms with Crippen LogP contribution in [0.1, 0.15) is 36.5 Å². The number of aliphatic hydroxyl groups excluding tert-OH is 1. The zero-order valence-corrected chi connectivity index (χ0v) is 10.8. The standard InChI is InChI=1S/C15H20O3/c1-17-12-5-4-11-8-14(15(16)13(11)9-12)18-7-6-10-2-3-10/h4-5,9-10,14-16H,2-3,6-8H2,1H3. The molecule has 1 aromatic rings. The number of hydrogen-bond acceptors (Lipinski definition) is 3. The smallest absolute Gasteiger partial charge is 0.119 e. The van der Waals surface area contributed by atoms with Gasteiger partial charge in [0.05, 0.1) is 13.2 Å².